The van der Waals surface area contributed by atoms with E-state index in [0.29, 0.717) is 54.0 Å². The number of methoxy groups -OCH3 is 2. The van der Waals surface area contributed by atoms with E-state index in [1.807, 2.05) is 30.3 Å². The van der Waals surface area contributed by atoms with Gasteiger partial charge in [-0.1, -0.05) is 28.9 Å². The third-order valence-corrected chi connectivity index (χ3v) is 6.54. The third-order valence-electron chi connectivity index (χ3n) is 5.95. The quantitative estimate of drug-likeness (QED) is 0.557. The van der Waals surface area contributed by atoms with E-state index < -0.39 is 11.7 Å². The number of carbonyl (C=O) groups excluding carboxylic acids is 1. The van der Waals surface area contributed by atoms with Crippen LogP contribution in [0.2, 0.25) is 5.02 Å². The second kappa shape index (κ2) is 11.0. The predicted octanol–water partition coefficient (Wildman–Crippen LogP) is 4.55. The Balaban J connectivity index is 1.22. The minimum Gasteiger partial charge on any atom is -0.493 e. The topological polar surface area (TPSA) is 93.7 Å². The summed E-state index contributed by atoms with van der Waals surface area (Å²) in [5.41, 5.74) is 1.20. The van der Waals surface area contributed by atoms with E-state index in [2.05, 4.69) is 20.7 Å². The summed E-state index contributed by atoms with van der Waals surface area (Å²) in [5.74, 6) is 1.47. The number of piperidine rings is 1. The zero-order valence-corrected chi connectivity index (χ0v) is 21.1. The molecule has 0 aromatic heterocycles. The molecule has 9 nitrogen and oxygen atoms in total. The Morgan fingerprint density at radius 3 is 2.66 bits per heavy atom. The Labute approximate surface area is 214 Å². The molecule has 1 amide bonds. The van der Waals surface area contributed by atoms with Gasteiger partial charge in [0.15, 0.2) is 16.6 Å². The smallest absolute Gasteiger partial charge is 0.414 e. The number of rotatable bonds is 5. The molecule has 2 aromatic carbocycles. The van der Waals surface area contributed by atoms with Gasteiger partial charge in [-0.25, -0.2) is 4.79 Å². The van der Waals surface area contributed by atoms with E-state index in [0.717, 1.165) is 11.3 Å². The Morgan fingerprint density at radius 2 is 1.94 bits per heavy atom. The highest BCUT2D eigenvalue weighted by atomic mass is 35.5. The first-order chi connectivity index (χ1) is 16.9. The summed E-state index contributed by atoms with van der Waals surface area (Å²) in [5, 5.41) is 11.2. The largest absolute Gasteiger partial charge is 0.493 e. The van der Waals surface area contributed by atoms with Gasteiger partial charge in [0.25, 0.3) is 0 Å². The molecule has 2 aromatic rings. The molecule has 11 heteroatoms. The molecule has 0 saturated carbocycles. The molecular formula is C24H27ClN4O5S. The van der Waals surface area contributed by atoms with Crippen LogP contribution in [-0.2, 0) is 16.1 Å². The van der Waals surface area contributed by atoms with Crippen LogP contribution in [0.15, 0.2) is 47.6 Å². The van der Waals surface area contributed by atoms with Crippen molar-refractivity contribution >= 4 is 46.6 Å². The van der Waals surface area contributed by atoms with Gasteiger partial charge in [0.1, 0.15) is 5.60 Å². The molecule has 35 heavy (non-hydrogen) atoms. The van der Waals surface area contributed by atoms with Crippen molar-refractivity contribution in [1.82, 2.24) is 10.2 Å². The number of hydrogen-bond donors (Lipinski definition) is 2. The number of amides is 1. The number of nitrogens with one attached hydrogen (secondary N) is 2. The Morgan fingerprint density at radius 1 is 1.17 bits per heavy atom. The zero-order chi connectivity index (χ0) is 24.8. The lowest BCUT2D eigenvalue weighted by Gasteiger charge is -2.38. The number of oxime groups is 1. The second-order valence-corrected chi connectivity index (χ2v) is 9.12. The minimum atomic E-state index is -0.594. The van der Waals surface area contributed by atoms with Gasteiger partial charge >= 0.3 is 6.09 Å². The van der Waals surface area contributed by atoms with Gasteiger partial charge in [0, 0.05) is 43.2 Å². The average Bonchev–Trinajstić information content (AvgIpc) is 3.24. The SMILES string of the molecule is COc1ccc(CNC(=O)OC2=NOC3(CCN(C(=S)Nc4cccc(Cl)c4)CC3)C2)cc1OC. The number of nitrogens with zero attached hydrogens (tertiary/aromatic N) is 2. The summed E-state index contributed by atoms with van der Waals surface area (Å²) in [6.07, 6.45) is 1.24. The lowest BCUT2D eigenvalue weighted by Crippen LogP contribution is -2.48. The van der Waals surface area contributed by atoms with Crippen LogP contribution in [0.1, 0.15) is 24.8 Å². The fourth-order valence-corrected chi connectivity index (χ4v) is 4.50. The zero-order valence-electron chi connectivity index (χ0n) is 19.5. The van der Waals surface area contributed by atoms with Gasteiger partial charge < -0.3 is 34.6 Å². The van der Waals surface area contributed by atoms with Crippen LogP contribution in [0.5, 0.6) is 11.5 Å². The monoisotopic (exact) mass is 518 g/mol. The normalized spacial score (nSPS) is 16.2. The van der Waals surface area contributed by atoms with Gasteiger partial charge in [0.2, 0.25) is 5.90 Å². The van der Waals surface area contributed by atoms with Crippen molar-refractivity contribution in [2.75, 3.05) is 32.6 Å². The van der Waals surface area contributed by atoms with Crippen LogP contribution in [0.25, 0.3) is 0 Å². The Kier molecular flexibility index (Phi) is 7.82. The molecule has 1 fully saturated rings. The standard InChI is InChI=1S/C24H27ClN4O5S/c1-31-19-7-6-16(12-20(19)32-2)15-26-23(30)33-21-14-24(34-28-21)8-10-29(11-9-24)22(35)27-18-5-3-4-17(25)13-18/h3-7,12-13H,8-11,14-15H2,1-2H3,(H,26,30)(H,27,35). The number of benzene rings is 2. The van der Waals surface area contributed by atoms with Crippen molar-refractivity contribution in [2.45, 2.75) is 31.4 Å². The third kappa shape index (κ3) is 6.26. The van der Waals surface area contributed by atoms with Gasteiger partial charge in [-0.05, 0) is 48.1 Å². The number of carbonyl (C=O) groups is 1. The number of thiocarbonyl (C=S) groups is 1. The van der Waals surface area contributed by atoms with E-state index >= 15 is 0 Å². The number of halogens is 1. The van der Waals surface area contributed by atoms with Crippen LogP contribution >= 0.6 is 23.8 Å². The lowest BCUT2D eigenvalue weighted by atomic mass is 9.88. The molecule has 4 rings (SSSR count). The number of ether oxygens (including phenoxy) is 3. The number of hydrogen-bond acceptors (Lipinski definition) is 7. The maximum atomic E-state index is 12.3. The molecule has 2 N–H and O–H groups in total. The Hall–Kier alpha value is -3.24. The van der Waals surface area contributed by atoms with E-state index in [1.54, 1.807) is 26.4 Å². The number of alkyl carbamates (subject to hydrolysis) is 1. The summed E-state index contributed by atoms with van der Waals surface area (Å²) >= 11 is 11.6. The molecule has 2 aliphatic heterocycles. The van der Waals surface area contributed by atoms with Crippen molar-refractivity contribution in [2.24, 2.45) is 5.16 Å². The Bertz CT molecular complexity index is 1120. The van der Waals surface area contributed by atoms with E-state index in [-0.39, 0.29) is 12.4 Å². The number of anilines is 1. The van der Waals surface area contributed by atoms with Crippen LogP contribution in [0.4, 0.5) is 10.5 Å². The molecule has 2 heterocycles. The van der Waals surface area contributed by atoms with Crippen LogP contribution in [-0.4, -0.2) is 54.9 Å². The highest BCUT2D eigenvalue weighted by Crippen LogP contribution is 2.35. The molecule has 0 unspecified atom stereocenters. The van der Waals surface area contributed by atoms with E-state index in [1.165, 1.54) is 0 Å². The van der Waals surface area contributed by atoms with Gasteiger partial charge in [-0.2, -0.15) is 0 Å². The molecular weight excluding hydrogens is 492 g/mol. The second-order valence-electron chi connectivity index (χ2n) is 8.30. The predicted molar refractivity (Wildman–Crippen MR) is 137 cm³/mol. The molecule has 0 radical (unpaired) electrons. The molecule has 1 saturated heterocycles. The fourth-order valence-electron chi connectivity index (χ4n) is 4.00. The molecule has 2 aliphatic rings. The summed E-state index contributed by atoms with van der Waals surface area (Å²) in [4.78, 5) is 20.1. The maximum Gasteiger partial charge on any atom is 0.414 e. The lowest BCUT2D eigenvalue weighted by molar-refractivity contribution is -0.0521. The van der Waals surface area contributed by atoms with E-state index in [4.69, 9.17) is 42.9 Å². The molecule has 186 valence electrons. The first kappa shape index (κ1) is 24.9. The molecule has 0 bridgehead atoms. The van der Waals surface area contributed by atoms with Crippen molar-refractivity contribution in [3.63, 3.8) is 0 Å². The van der Waals surface area contributed by atoms with Gasteiger partial charge in [-0.15, -0.1) is 0 Å². The summed E-state index contributed by atoms with van der Waals surface area (Å²) in [6.45, 7) is 1.66. The summed E-state index contributed by atoms with van der Waals surface area (Å²) in [6, 6.07) is 12.8. The molecule has 1 spiro atoms. The minimum absolute atomic E-state index is 0.267. The summed E-state index contributed by atoms with van der Waals surface area (Å²) < 4.78 is 15.9. The van der Waals surface area contributed by atoms with Crippen molar-refractivity contribution in [3.8, 4) is 11.5 Å². The number of likely N-dealkylation sites (tertiary alicyclic amines) is 1. The van der Waals surface area contributed by atoms with Gasteiger partial charge in [0.05, 0.1) is 20.6 Å². The van der Waals surface area contributed by atoms with Crippen LogP contribution in [0.3, 0.4) is 0 Å². The van der Waals surface area contributed by atoms with Crippen molar-refractivity contribution < 1.29 is 23.8 Å². The highest BCUT2D eigenvalue weighted by Gasteiger charge is 2.43. The van der Waals surface area contributed by atoms with Crippen molar-refractivity contribution in [1.29, 1.82) is 0 Å². The summed E-state index contributed by atoms with van der Waals surface area (Å²) in [7, 11) is 3.13. The maximum absolute atomic E-state index is 12.3. The molecule has 0 atom stereocenters. The first-order valence-electron chi connectivity index (χ1n) is 11.1. The fraction of sp³-hybridized carbons (Fsp3) is 0.375. The van der Waals surface area contributed by atoms with Crippen molar-refractivity contribution in [3.05, 3.63) is 53.1 Å². The van der Waals surface area contributed by atoms with Crippen LogP contribution < -0.4 is 20.1 Å². The highest BCUT2D eigenvalue weighted by molar-refractivity contribution is 7.80. The average molecular weight is 519 g/mol. The van der Waals surface area contributed by atoms with Crippen LogP contribution in [0, 0.1) is 0 Å². The van der Waals surface area contributed by atoms with E-state index in [9.17, 15) is 4.79 Å². The first-order valence-corrected chi connectivity index (χ1v) is 11.9. The molecule has 0 aliphatic carbocycles. The van der Waals surface area contributed by atoms with Gasteiger partial charge in [-0.3, -0.25) is 0 Å².